The topological polar surface area (TPSA) is 43.4 Å². The highest BCUT2D eigenvalue weighted by Gasteiger charge is 2.70. The van der Waals surface area contributed by atoms with Gasteiger partial charge in [0.25, 0.3) is 0 Å². The number of esters is 1. The third kappa shape index (κ3) is 3.34. The summed E-state index contributed by atoms with van der Waals surface area (Å²) in [4.78, 5) is 23.8. The Balaban J connectivity index is 1.49. The summed E-state index contributed by atoms with van der Waals surface area (Å²) in [5.41, 5.74) is 1.48. The number of rotatable bonds is 3. The van der Waals surface area contributed by atoms with Crippen LogP contribution in [0.4, 0.5) is 0 Å². The fourth-order valence-electron chi connectivity index (χ4n) is 12.1. The van der Waals surface area contributed by atoms with E-state index in [4.69, 9.17) is 4.74 Å². The summed E-state index contributed by atoms with van der Waals surface area (Å²) in [7, 11) is 0. The van der Waals surface area contributed by atoms with Gasteiger partial charge in [0.2, 0.25) is 0 Å². The van der Waals surface area contributed by atoms with Crippen LogP contribution in [-0.2, 0) is 14.3 Å². The Hall–Kier alpha value is -0.860. The second-order valence-corrected chi connectivity index (χ2v) is 15.5. The molecule has 0 spiro atoms. The van der Waals surface area contributed by atoms with Gasteiger partial charge >= 0.3 is 5.97 Å². The SMILES string of the molecule is CC(=O)O[C@H]1CC[C@@]2(C)C(CC[C@]3(C)C2CCC2C4[C@H](C(C)C=O)CC[C@]4(C)CC[C@]23C)C1(C)C. The average molecular weight is 485 g/mol. The van der Waals surface area contributed by atoms with Crippen LogP contribution < -0.4 is 0 Å². The van der Waals surface area contributed by atoms with E-state index >= 15 is 0 Å². The Morgan fingerprint density at radius 2 is 1.54 bits per heavy atom. The Kier molecular flexibility index (Phi) is 5.94. The van der Waals surface area contributed by atoms with E-state index in [-0.39, 0.29) is 23.4 Å². The highest BCUT2D eigenvalue weighted by molar-refractivity contribution is 5.66. The number of carbonyl (C=O) groups is 2. The monoisotopic (exact) mass is 484 g/mol. The summed E-state index contributed by atoms with van der Waals surface area (Å²) < 4.78 is 5.90. The Morgan fingerprint density at radius 1 is 0.829 bits per heavy atom. The van der Waals surface area contributed by atoms with Crippen molar-refractivity contribution in [3.63, 3.8) is 0 Å². The van der Waals surface area contributed by atoms with Gasteiger partial charge in [-0.2, -0.15) is 0 Å². The second-order valence-electron chi connectivity index (χ2n) is 15.5. The molecule has 5 saturated carbocycles. The van der Waals surface area contributed by atoms with Gasteiger partial charge in [-0.05, 0) is 115 Å². The Bertz CT molecular complexity index is 878. The van der Waals surface area contributed by atoms with Crippen molar-refractivity contribution in [3.8, 4) is 0 Å². The second kappa shape index (κ2) is 8.07. The van der Waals surface area contributed by atoms with Gasteiger partial charge in [-0.3, -0.25) is 4.79 Å². The highest BCUT2D eigenvalue weighted by Crippen LogP contribution is 2.77. The normalized spacial score (nSPS) is 53.4. The van der Waals surface area contributed by atoms with Crippen LogP contribution in [0.5, 0.6) is 0 Å². The first-order valence-electron chi connectivity index (χ1n) is 14.9. The van der Waals surface area contributed by atoms with Gasteiger partial charge in [-0.15, -0.1) is 0 Å². The van der Waals surface area contributed by atoms with Gasteiger partial charge in [0.05, 0.1) is 0 Å². The molecule has 198 valence electrons. The van der Waals surface area contributed by atoms with Gasteiger partial charge < -0.3 is 9.53 Å². The molecule has 0 saturated heterocycles. The van der Waals surface area contributed by atoms with E-state index in [1.165, 1.54) is 64.1 Å². The van der Waals surface area contributed by atoms with Crippen LogP contribution in [0.3, 0.4) is 0 Å². The number of hydrogen-bond acceptors (Lipinski definition) is 3. The van der Waals surface area contributed by atoms with Crippen molar-refractivity contribution >= 4 is 12.3 Å². The van der Waals surface area contributed by atoms with Gasteiger partial charge in [-0.25, -0.2) is 0 Å². The van der Waals surface area contributed by atoms with Crippen molar-refractivity contribution in [1.29, 1.82) is 0 Å². The molecule has 0 aromatic rings. The summed E-state index contributed by atoms with van der Waals surface area (Å²) in [6.45, 7) is 19.1. The summed E-state index contributed by atoms with van der Waals surface area (Å²) >= 11 is 0. The molecule has 0 amide bonds. The number of hydrogen-bond donors (Lipinski definition) is 0. The Labute approximate surface area is 214 Å². The molecule has 11 atom stereocenters. The highest BCUT2D eigenvalue weighted by atomic mass is 16.5. The van der Waals surface area contributed by atoms with Crippen LogP contribution >= 0.6 is 0 Å². The molecule has 0 heterocycles. The first-order chi connectivity index (χ1) is 16.2. The quantitative estimate of drug-likeness (QED) is 0.302. The number of ether oxygens (including phenoxy) is 1. The molecule has 0 bridgehead atoms. The summed E-state index contributed by atoms with van der Waals surface area (Å²) in [5.74, 6) is 3.45. The van der Waals surface area contributed by atoms with Gasteiger partial charge in [0, 0.05) is 18.3 Å². The average Bonchev–Trinajstić information content (AvgIpc) is 3.13. The molecular formula is C32H52O3. The molecule has 3 nitrogen and oxygen atoms in total. The van der Waals surface area contributed by atoms with Crippen LogP contribution in [0.25, 0.3) is 0 Å². The van der Waals surface area contributed by atoms with E-state index in [0.717, 1.165) is 18.3 Å². The zero-order chi connectivity index (χ0) is 25.6. The fourth-order valence-corrected chi connectivity index (χ4v) is 12.1. The number of carbonyl (C=O) groups excluding carboxylic acids is 2. The molecule has 5 aliphatic carbocycles. The van der Waals surface area contributed by atoms with Crippen molar-refractivity contribution in [2.45, 2.75) is 126 Å². The molecule has 5 rings (SSSR count). The first kappa shape index (κ1) is 25.8. The Morgan fingerprint density at radius 3 is 2.20 bits per heavy atom. The third-order valence-corrected chi connectivity index (χ3v) is 14.0. The van der Waals surface area contributed by atoms with Crippen molar-refractivity contribution in [2.75, 3.05) is 0 Å². The maximum Gasteiger partial charge on any atom is 0.302 e. The van der Waals surface area contributed by atoms with Crippen LogP contribution in [-0.4, -0.2) is 18.4 Å². The minimum Gasteiger partial charge on any atom is -0.462 e. The molecule has 0 radical (unpaired) electrons. The molecule has 0 aliphatic heterocycles. The fraction of sp³-hybridized carbons (Fsp3) is 0.938. The maximum absolute atomic E-state index is 11.9. The number of aldehydes is 1. The largest absolute Gasteiger partial charge is 0.462 e. The number of fused-ring (bicyclic) bond motifs is 7. The van der Waals surface area contributed by atoms with Crippen LogP contribution in [0.2, 0.25) is 0 Å². The van der Waals surface area contributed by atoms with Crippen LogP contribution in [0, 0.1) is 62.6 Å². The minimum atomic E-state index is -0.124. The van der Waals surface area contributed by atoms with E-state index in [2.05, 4.69) is 48.5 Å². The lowest BCUT2D eigenvalue weighted by Gasteiger charge is -2.73. The molecule has 5 aliphatic rings. The predicted molar refractivity (Wildman–Crippen MR) is 141 cm³/mol. The zero-order valence-corrected chi connectivity index (χ0v) is 23.9. The molecule has 5 fully saturated rings. The lowest BCUT2D eigenvalue weighted by atomic mass is 9.32. The smallest absolute Gasteiger partial charge is 0.302 e. The van der Waals surface area contributed by atoms with Gasteiger partial charge in [-0.1, -0.05) is 48.5 Å². The van der Waals surface area contributed by atoms with Crippen molar-refractivity contribution in [3.05, 3.63) is 0 Å². The van der Waals surface area contributed by atoms with E-state index in [1.807, 2.05) is 0 Å². The molecule has 35 heavy (non-hydrogen) atoms. The summed E-state index contributed by atoms with van der Waals surface area (Å²) in [6, 6.07) is 0. The van der Waals surface area contributed by atoms with Crippen molar-refractivity contribution in [1.82, 2.24) is 0 Å². The molecule has 5 unspecified atom stereocenters. The third-order valence-electron chi connectivity index (χ3n) is 14.0. The summed E-state index contributed by atoms with van der Waals surface area (Å²) in [5, 5.41) is 0. The molecule has 0 aromatic carbocycles. The lowest BCUT2D eigenvalue weighted by molar-refractivity contribution is -0.250. The first-order valence-corrected chi connectivity index (χ1v) is 14.9. The minimum absolute atomic E-state index is 0.0266. The van der Waals surface area contributed by atoms with Crippen LogP contribution in [0.1, 0.15) is 120 Å². The van der Waals surface area contributed by atoms with Gasteiger partial charge in [0.1, 0.15) is 12.4 Å². The molecular weight excluding hydrogens is 432 g/mol. The lowest BCUT2D eigenvalue weighted by Crippen LogP contribution is -2.66. The van der Waals surface area contributed by atoms with E-state index < -0.39 is 0 Å². The van der Waals surface area contributed by atoms with Crippen molar-refractivity contribution < 1.29 is 14.3 Å². The van der Waals surface area contributed by atoms with Crippen molar-refractivity contribution in [2.24, 2.45) is 62.6 Å². The molecule has 0 N–H and O–H groups in total. The van der Waals surface area contributed by atoms with E-state index in [0.29, 0.717) is 39.4 Å². The van der Waals surface area contributed by atoms with E-state index in [1.54, 1.807) is 6.92 Å². The molecule has 0 aromatic heterocycles. The van der Waals surface area contributed by atoms with Crippen LogP contribution in [0.15, 0.2) is 0 Å². The molecule has 3 heteroatoms. The van der Waals surface area contributed by atoms with Gasteiger partial charge in [0.15, 0.2) is 0 Å². The standard InChI is InChI=1S/C32H52O3/c1-20(19-33)22-11-14-29(5)17-18-31(7)23(27(22)29)9-10-25-30(6)15-13-26(35-21(2)34)28(3,4)24(30)12-16-32(25,31)8/h19-20,22-27H,9-18H2,1-8H3/t20?,22-,23?,24?,25?,26-,27?,29+,30-,31+,32+/m0/s1. The maximum atomic E-state index is 11.9. The predicted octanol–water partition coefficient (Wildman–Crippen LogP) is 7.85. The zero-order valence-electron chi connectivity index (χ0n) is 23.9. The summed E-state index contributed by atoms with van der Waals surface area (Å²) in [6.07, 6.45) is 14.0. The van der Waals surface area contributed by atoms with E-state index in [9.17, 15) is 9.59 Å².